The smallest absolute Gasteiger partial charge is 0.293 e. The molecule has 2 aliphatic heterocycles. The van der Waals surface area contributed by atoms with Crippen LogP contribution in [0.25, 0.3) is 5.69 Å². The summed E-state index contributed by atoms with van der Waals surface area (Å²) in [6, 6.07) is 7.49. The van der Waals surface area contributed by atoms with Crippen LogP contribution in [0.5, 0.6) is 0 Å². The number of carbonyl (C=O) groups is 1. The molecule has 2 fully saturated rings. The molecule has 2 bridgehead atoms. The van der Waals surface area contributed by atoms with Crippen molar-refractivity contribution in [2.45, 2.75) is 24.9 Å². The molecule has 2 aliphatic rings. The van der Waals surface area contributed by atoms with E-state index in [0.29, 0.717) is 34.8 Å². The summed E-state index contributed by atoms with van der Waals surface area (Å²) >= 11 is 3.39. The van der Waals surface area contributed by atoms with Gasteiger partial charge in [0.25, 0.3) is 11.5 Å². The Balaban J connectivity index is 1.44. The van der Waals surface area contributed by atoms with Crippen LogP contribution in [0.1, 0.15) is 23.2 Å². The van der Waals surface area contributed by atoms with Gasteiger partial charge >= 0.3 is 0 Å². The Kier molecular flexibility index (Phi) is 4.65. The summed E-state index contributed by atoms with van der Waals surface area (Å²) < 4.78 is 2.16. The monoisotopic (exact) mass is 469 g/mol. The average molecular weight is 470 g/mol. The molecule has 0 saturated carbocycles. The molecule has 2 aromatic heterocycles. The lowest BCUT2D eigenvalue weighted by Gasteiger charge is -2.41. The number of hydrogen-bond acceptors (Lipinski definition) is 6. The highest BCUT2D eigenvalue weighted by molar-refractivity contribution is 9.10. The van der Waals surface area contributed by atoms with E-state index in [9.17, 15) is 9.59 Å². The van der Waals surface area contributed by atoms with Gasteiger partial charge in [-0.2, -0.15) is 15.0 Å². The highest BCUT2D eigenvalue weighted by Crippen LogP contribution is 2.33. The molecule has 9 nitrogen and oxygen atoms in total. The van der Waals surface area contributed by atoms with Crippen molar-refractivity contribution in [2.75, 3.05) is 18.0 Å². The third-order valence-electron chi connectivity index (χ3n) is 5.81. The van der Waals surface area contributed by atoms with Crippen LogP contribution in [0.15, 0.2) is 52.3 Å². The minimum Gasteiger partial charge on any atom is -0.342 e. The molecule has 0 spiro atoms. The highest BCUT2D eigenvalue weighted by Gasteiger charge is 2.43. The van der Waals surface area contributed by atoms with Crippen LogP contribution in [0.3, 0.4) is 0 Å². The molecule has 0 radical (unpaired) electrons. The molecule has 3 aromatic rings. The number of rotatable bonds is 3. The van der Waals surface area contributed by atoms with E-state index < -0.39 is 0 Å². The minimum absolute atomic E-state index is 0.0467. The first kappa shape index (κ1) is 19.0. The summed E-state index contributed by atoms with van der Waals surface area (Å²) in [4.78, 5) is 36.0. The topological polar surface area (TPSA) is 89.2 Å². The zero-order valence-corrected chi connectivity index (χ0v) is 17.9. The van der Waals surface area contributed by atoms with E-state index in [1.165, 1.54) is 9.36 Å². The molecule has 4 heterocycles. The Bertz CT molecular complexity index is 1150. The average Bonchev–Trinajstić information content (AvgIpc) is 3.36. The van der Waals surface area contributed by atoms with Crippen molar-refractivity contribution in [3.63, 3.8) is 0 Å². The summed E-state index contributed by atoms with van der Waals surface area (Å²) in [5.74, 6) is 0.405. The van der Waals surface area contributed by atoms with Gasteiger partial charge in [0.05, 0.1) is 23.6 Å². The zero-order chi connectivity index (χ0) is 20.8. The third kappa shape index (κ3) is 3.11. The van der Waals surface area contributed by atoms with Gasteiger partial charge in [0, 0.05) is 38.4 Å². The number of halogens is 1. The Hall–Kier alpha value is -3.01. The van der Waals surface area contributed by atoms with Gasteiger partial charge in [-0.3, -0.25) is 9.59 Å². The Morgan fingerprint density at radius 1 is 1.10 bits per heavy atom. The molecule has 1 aromatic carbocycles. The van der Waals surface area contributed by atoms with Crippen LogP contribution in [0.4, 0.5) is 5.82 Å². The summed E-state index contributed by atoms with van der Waals surface area (Å²) in [7, 11) is 1.72. The summed E-state index contributed by atoms with van der Waals surface area (Å²) in [5, 5.41) is 8.34. The molecule has 0 aliphatic carbocycles. The van der Waals surface area contributed by atoms with Crippen molar-refractivity contribution in [2.24, 2.45) is 7.05 Å². The van der Waals surface area contributed by atoms with Crippen molar-refractivity contribution in [3.8, 4) is 5.69 Å². The molecule has 154 valence electrons. The fourth-order valence-corrected chi connectivity index (χ4v) is 4.95. The molecule has 30 heavy (non-hydrogen) atoms. The van der Waals surface area contributed by atoms with Crippen molar-refractivity contribution >= 4 is 27.7 Å². The molecule has 2 unspecified atom stereocenters. The standard InChI is InChI=1S/C20H20BrN7O2/c1-25-12-17(21)24-18(20(25)30)27-13-6-7-14(27)11-26(10-13)19(29)15-4-2-3-5-16(15)28-22-8-9-23-28/h2-5,8-9,12-14H,6-7,10-11H2,1H3. The lowest BCUT2D eigenvalue weighted by Crippen LogP contribution is -2.57. The number of para-hydroxylation sites is 1. The van der Waals surface area contributed by atoms with Gasteiger partial charge < -0.3 is 14.4 Å². The van der Waals surface area contributed by atoms with Crippen LogP contribution in [0, 0.1) is 0 Å². The van der Waals surface area contributed by atoms with Gasteiger partial charge in [0.2, 0.25) is 0 Å². The van der Waals surface area contributed by atoms with Crippen LogP contribution in [-0.2, 0) is 7.05 Å². The number of nitrogens with zero attached hydrogens (tertiary/aromatic N) is 7. The van der Waals surface area contributed by atoms with Gasteiger partial charge in [-0.1, -0.05) is 12.1 Å². The molecule has 2 atom stereocenters. The molecule has 1 amide bonds. The van der Waals surface area contributed by atoms with Crippen LogP contribution >= 0.6 is 15.9 Å². The maximum absolute atomic E-state index is 13.4. The summed E-state index contributed by atoms with van der Waals surface area (Å²) in [6.45, 7) is 1.10. The number of benzene rings is 1. The zero-order valence-electron chi connectivity index (χ0n) is 16.3. The Labute approximate surface area is 181 Å². The first-order valence-electron chi connectivity index (χ1n) is 9.79. The number of aryl methyl sites for hydroxylation is 1. The van der Waals surface area contributed by atoms with E-state index in [-0.39, 0.29) is 23.6 Å². The number of carbonyl (C=O) groups excluding carboxylic acids is 1. The van der Waals surface area contributed by atoms with E-state index in [1.807, 2.05) is 23.1 Å². The normalized spacial score (nSPS) is 20.6. The van der Waals surface area contributed by atoms with Crippen LogP contribution in [-0.4, -0.2) is 60.5 Å². The Morgan fingerprint density at radius 2 is 1.77 bits per heavy atom. The van der Waals surface area contributed by atoms with E-state index in [1.54, 1.807) is 31.7 Å². The SMILES string of the molecule is Cn1cc(Br)nc(N2C3CCC2CN(C(=O)c2ccccc2-n2nccn2)C3)c1=O. The Morgan fingerprint density at radius 3 is 2.47 bits per heavy atom. The van der Waals surface area contributed by atoms with Crippen molar-refractivity contribution < 1.29 is 4.79 Å². The quantitative estimate of drug-likeness (QED) is 0.578. The molecular formula is C20H20BrN7O2. The number of anilines is 1. The van der Waals surface area contributed by atoms with Crippen molar-refractivity contribution in [1.82, 2.24) is 29.4 Å². The minimum atomic E-state index is -0.120. The number of piperazine rings is 1. The first-order valence-corrected chi connectivity index (χ1v) is 10.6. The molecule has 10 heteroatoms. The maximum Gasteiger partial charge on any atom is 0.293 e. The highest BCUT2D eigenvalue weighted by atomic mass is 79.9. The second-order valence-corrected chi connectivity index (χ2v) is 8.45. The van der Waals surface area contributed by atoms with E-state index in [2.05, 4.69) is 36.0 Å². The molecular weight excluding hydrogens is 450 g/mol. The van der Waals surface area contributed by atoms with Crippen molar-refractivity contribution in [1.29, 1.82) is 0 Å². The van der Waals surface area contributed by atoms with Gasteiger partial charge in [-0.05, 0) is 40.9 Å². The third-order valence-corrected chi connectivity index (χ3v) is 6.19. The van der Waals surface area contributed by atoms with Gasteiger partial charge in [-0.15, -0.1) is 0 Å². The fraction of sp³-hybridized carbons (Fsp3) is 0.350. The second kappa shape index (κ2) is 7.35. The predicted molar refractivity (Wildman–Crippen MR) is 114 cm³/mol. The number of fused-ring (bicyclic) bond motifs is 2. The number of aromatic nitrogens is 5. The lowest BCUT2D eigenvalue weighted by atomic mass is 10.1. The maximum atomic E-state index is 13.4. The molecule has 2 saturated heterocycles. The molecule has 0 N–H and O–H groups in total. The first-order chi connectivity index (χ1) is 14.5. The summed E-state index contributed by atoms with van der Waals surface area (Å²) in [5.41, 5.74) is 1.10. The van der Waals surface area contributed by atoms with E-state index in [0.717, 1.165) is 12.8 Å². The van der Waals surface area contributed by atoms with Gasteiger partial charge in [-0.25, -0.2) is 4.98 Å². The van der Waals surface area contributed by atoms with Crippen molar-refractivity contribution in [3.05, 3.63) is 63.4 Å². The predicted octanol–water partition coefficient (Wildman–Crippen LogP) is 1.62. The van der Waals surface area contributed by atoms with Gasteiger partial charge in [0.1, 0.15) is 4.60 Å². The van der Waals surface area contributed by atoms with E-state index in [4.69, 9.17) is 0 Å². The van der Waals surface area contributed by atoms with Crippen LogP contribution in [0.2, 0.25) is 0 Å². The number of amides is 1. The second-order valence-electron chi connectivity index (χ2n) is 7.64. The van der Waals surface area contributed by atoms with Gasteiger partial charge in [0.15, 0.2) is 5.82 Å². The summed E-state index contributed by atoms with van der Waals surface area (Å²) in [6.07, 6.45) is 6.69. The van der Waals surface area contributed by atoms with Crippen LogP contribution < -0.4 is 10.5 Å². The largest absolute Gasteiger partial charge is 0.342 e. The van der Waals surface area contributed by atoms with E-state index >= 15 is 0 Å². The lowest BCUT2D eigenvalue weighted by molar-refractivity contribution is 0.0717. The number of likely N-dealkylation sites (tertiary alicyclic amines) is 1. The molecule has 5 rings (SSSR count). The fourth-order valence-electron chi connectivity index (χ4n) is 4.48. The number of hydrogen-bond donors (Lipinski definition) is 0.